The minimum atomic E-state index is -0.315. The molecule has 0 amide bonds. The molecule has 1 aromatic carbocycles. The summed E-state index contributed by atoms with van der Waals surface area (Å²) in [5, 5.41) is 3.96. The number of esters is 1. The summed E-state index contributed by atoms with van der Waals surface area (Å²) in [4.78, 5) is 16.2. The van der Waals surface area contributed by atoms with Crippen molar-refractivity contribution in [2.24, 2.45) is 0 Å². The van der Waals surface area contributed by atoms with Gasteiger partial charge >= 0.3 is 5.97 Å². The molecule has 124 valence electrons. The summed E-state index contributed by atoms with van der Waals surface area (Å²) in [6.07, 6.45) is 1.40. The molecule has 1 aromatic heterocycles. The Hall–Kier alpha value is -2.37. The summed E-state index contributed by atoms with van der Waals surface area (Å²) in [6, 6.07) is 7.05. The first kappa shape index (κ1) is 17.0. The molecule has 0 radical (unpaired) electrons. The molecule has 23 heavy (non-hydrogen) atoms. The number of carbonyl (C=O) groups is 1. The van der Waals surface area contributed by atoms with Crippen molar-refractivity contribution in [3.63, 3.8) is 0 Å². The molecule has 1 heterocycles. The second-order valence-electron chi connectivity index (χ2n) is 6.24. The first-order valence-electron chi connectivity index (χ1n) is 7.57. The van der Waals surface area contributed by atoms with Gasteiger partial charge in [0.1, 0.15) is 0 Å². The van der Waals surface area contributed by atoms with E-state index in [0.29, 0.717) is 36.1 Å². The lowest BCUT2D eigenvalue weighted by molar-refractivity contribution is -0.134. The molecule has 0 spiro atoms. The highest BCUT2D eigenvalue weighted by Crippen LogP contribution is 2.26. The Morgan fingerprint density at radius 2 is 1.91 bits per heavy atom. The van der Waals surface area contributed by atoms with E-state index in [9.17, 15) is 4.79 Å². The number of benzene rings is 1. The fraction of sp³-hybridized carbons (Fsp3) is 0.471. The zero-order valence-electron chi connectivity index (χ0n) is 14.0. The zero-order chi connectivity index (χ0) is 16.9. The lowest BCUT2D eigenvalue weighted by Gasteiger charge is -2.10. The van der Waals surface area contributed by atoms with E-state index in [-0.39, 0.29) is 17.8 Å². The van der Waals surface area contributed by atoms with Crippen LogP contribution in [0.1, 0.15) is 45.3 Å². The van der Waals surface area contributed by atoms with Crippen LogP contribution < -0.4 is 9.47 Å². The van der Waals surface area contributed by atoms with Gasteiger partial charge in [0, 0.05) is 18.3 Å². The molecule has 0 unspecified atom stereocenters. The quantitative estimate of drug-likeness (QED) is 0.601. The SMILES string of the molecule is COc1ccccc1OC(=O)CCCc1nc(C(C)(C)C)no1. The maximum atomic E-state index is 11.9. The van der Waals surface area contributed by atoms with Crippen LogP contribution in [0.15, 0.2) is 28.8 Å². The monoisotopic (exact) mass is 318 g/mol. The number of methoxy groups -OCH3 is 1. The summed E-state index contributed by atoms with van der Waals surface area (Å²) in [7, 11) is 1.54. The van der Waals surface area contributed by atoms with Crippen molar-refractivity contribution in [3.8, 4) is 11.5 Å². The molecular formula is C17H22N2O4. The number of ether oxygens (including phenoxy) is 2. The molecule has 0 N–H and O–H groups in total. The summed E-state index contributed by atoms with van der Waals surface area (Å²) in [6.45, 7) is 6.06. The second kappa shape index (κ2) is 7.26. The maximum Gasteiger partial charge on any atom is 0.311 e. The van der Waals surface area contributed by atoms with E-state index in [4.69, 9.17) is 14.0 Å². The fourth-order valence-electron chi connectivity index (χ4n) is 1.92. The third-order valence-electron chi connectivity index (χ3n) is 3.20. The van der Waals surface area contributed by atoms with Gasteiger partial charge in [-0.15, -0.1) is 0 Å². The molecule has 0 aliphatic carbocycles. The van der Waals surface area contributed by atoms with Crippen molar-refractivity contribution < 1.29 is 18.8 Å². The van der Waals surface area contributed by atoms with E-state index in [2.05, 4.69) is 10.1 Å². The Labute approximate surface area is 135 Å². The number of para-hydroxylation sites is 2. The van der Waals surface area contributed by atoms with Crippen molar-refractivity contribution in [3.05, 3.63) is 36.0 Å². The highest BCUT2D eigenvalue weighted by molar-refractivity contribution is 5.73. The molecule has 0 aliphatic heterocycles. The summed E-state index contributed by atoms with van der Waals surface area (Å²) >= 11 is 0. The highest BCUT2D eigenvalue weighted by atomic mass is 16.6. The number of hydrogen-bond acceptors (Lipinski definition) is 6. The fourth-order valence-corrected chi connectivity index (χ4v) is 1.92. The second-order valence-corrected chi connectivity index (χ2v) is 6.24. The van der Waals surface area contributed by atoms with Gasteiger partial charge in [0.25, 0.3) is 0 Å². The highest BCUT2D eigenvalue weighted by Gasteiger charge is 2.20. The van der Waals surface area contributed by atoms with Crippen LogP contribution in [0.25, 0.3) is 0 Å². The van der Waals surface area contributed by atoms with E-state index in [1.165, 1.54) is 7.11 Å². The molecule has 0 saturated heterocycles. The van der Waals surface area contributed by atoms with Gasteiger partial charge in [-0.2, -0.15) is 4.98 Å². The maximum absolute atomic E-state index is 11.9. The van der Waals surface area contributed by atoms with Crippen LogP contribution in [0.4, 0.5) is 0 Å². The Morgan fingerprint density at radius 1 is 1.22 bits per heavy atom. The molecule has 0 aliphatic rings. The van der Waals surface area contributed by atoms with E-state index in [0.717, 1.165) is 0 Å². The molecule has 0 fully saturated rings. The number of nitrogens with zero attached hydrogens (tertiary/aromatic N) is 2. The minimum Gasteiger partial charge on any atom is -0.493 e. The molecule has 0 saturated carbocycles. The van der Waals surface area contributed by atoms with Crippen LogP contribution in [-0.2, 0) is 16.6 Å². The summed E-state index contributed by atoms with van der Waals surface area (Å²) in [5.41, 5.74) is -0.148. The molecule has 2 aromatic rings. The largest absolute Gasteiger partial charge is 0.493 e. The molecule has 0 atom stereocenters. The normalized spacial score (nSPS) is 11.3. The van der Waals surface area contributed by atoms with Crippen LogP contribution in [0.5, 0.6) is 11.5 Å². The number of hydrogen-bond donors (Lipinski definition) is 0. The summed E-state index contributed by atoms with van der Waals surface area (Å²) < 4.78 is 15.6. The lowest BCUT2D eigenvalue weighted by Crippen LogP contribution is -2.13. The Bertz CT molecular complexity index is 659. The van der Waals surface area contributed by atoms with Gasteiger partial charge < -0.3 is 14.0 Å². The average molecular weight is 318 g/mol. The topological polar surface area (TPSA) is 74.5 Å². The van der Waals surface area contributed by atoms with Gasteiger partial charge in [-0.3, -0.25) is 4.79 Å². The van der Waals surface area contributed by atoms with Crippen molar-refractivity contribution in [2.45, 2.75) is 45.4 Å². The number of aromatic nitrogens is 2. The molecular weight excluding hydrogens is 296 g/mol. The Morgan fingerprint density at radius 3 is 2.52 bits per heavy atom. The van der Waals surface area contributed by atoms with Crippen LogP contribution in [0.2, 0.25) is 0 Å². The van der Waals surface area contributed by atoms with Gasteiger partial charge in [0.15, 0.2) is 17.3 Å². The molecule has 6 nitrogen and oxygen atoms in total. The zero-order valence-corrected chi connectivity index (χ0v) is 14.0. The minimum absolute atomic E-state index is 0.148. The van der Waals surface area contributed by atoms with Gasteiger partial charge in [0.05, 0.1) is 7.11 Å². The molecule has 0 bridgehead atoms. The lowest BCUT2D eigenvalue weighted by atomic mass is 9.96. The predicted molar refractivity (Wildman–Crippen MR) is 84.6 cm³/mol. The molecule has 6 heteroatoms. The predicted octanol–water partition coefficient (Wildman–Crippen LogP) is 3.30. The smallest absolute Gasteiger partial charge is 0.311 e. The van der Waals surface area contributed by atoms with Crippen LogP contribution in [-0.4, -0.2) is 23.2 Å². The third kappa shape index (κ3) is 4.81. The van der Waals surface area contributed by atoms with E-state index < -0.39 is 0 Å². The first-order valence-corrected chi connectivity index (χ1v) is 7.57. The van der Waals surface area contributed by atoms with Crippen LogP contribution >= 0.6 is 0 Å². The van der Waals surface area contributed by atoms with E-state index >= 15 is 0 Å². The average Bonchev–Trinajstić information content (AvgIpc) is 2.97. The van der Waals surface area contributed by atoms with Gasteiger partial charge in [-0.1, -0.05) is 38.1 Å². The standard InChI is InChI=1S/C17H22N2O4/c1-17(2,3)16-18-14(23-19-16)10-7-11-15(20)22-13-9-6-5-8-12(13)21-4/h5-6,8-9H,7,10-11H2,1-4H3. The van der Waals surface area contributed by atoms with Gasteiger partial charge in [0.2, 0.25) is 5.89 Å². The van der Waals surface area contributed by atoms with Crippen molar-refractivity contribution in [1.29, 1.82) is 0 Å². The third-order valence-corrected chi connectivity index (χ3v) is 3.20. The van der Waals surface area contributed by atoms with Crippen molar-refractivity contribution in [2.75, 3.05) is 7.11 Å². The number of carbonyl (C=O) groups excluding carboxylic acids is 1. The summed E-state index contributed by atoms with van der Waals surface area (Å²) in [5.74, 6) is 1.86. The van der Waals surface area contributed by atoms with Gasteiger partial charge in [-0.25, -0.2) is 0 Å². The first-order chi connectivity index (χ1) is 10.9. The number of aryl methyl sites for hydroxylation is 1. The number of rotatable bonds is 6. The van der Waals surface area contributed by atoms with Crippen LogP contribution in [0, 0.1) is 0 Å². The van der Waals surface area contributed by atoms with Gasteiger partial charge in [-0.05, 0) is 18.6 Å². The van der Waals surface area contributed by atoms with E-state index in [1.807, 2.05) is 26.8 Å². The van der Waals surface area contributed by atoms with E-state index in [1.54, 1.807) is 18.2 Å². The Balaban J connectivity index is 1.82. The van der Waals surface area contributed by atoms with Crippen LogP contribution in [0.3, 0.4) is 0 Å². The van der Waals surface area contributed by atoms with Crippen molar-refractivity contribution in [1.82, 2.24) is 10.1 Å². The molecule has 2 rings (SSSR count). The Kier molecular flexibility index (Phi) is 5.36. The van der Waals surface area contributed by atoms with Crippen molar-refractivity contribution >= 4 is 5.97 Å².